The molecular formula is C17H30N3O6PS. The first-order chi connectivity index (χ1) is 12.8. The summed E-state index contributed by atoms with van der Waals surface area (Å²) in [5, 5.41) is 0. The maximum Gasteiger partial charge on any atom is 0.351 e. The Morgan fingerprint density at radius 1 is 1.43 bits per heavy atom. The molecule has 1 fully saturated rings. The largest absolute Gasteiger partial charge is 0.383 e. The smallest absolute Gasteiger partial charge is 0.351 e. The van der Waals surface area contributed by atoms with Crippen LogP contribution in [0.5, 0.6) is 0 Å². The van der Waals surface area contributed by atoms with Crippen LogP contribution in [0.4, 0.5) is 5.82 Å². The van der Waals surface area contributed by atoms with Gasteiger partial charge in [-0.15, -0.1) is 0 Å². The van der Waals surface area contributed by atoms with E-state index in [1.54, 1.807) is 13.8 Å². The van der Waals surface area contributed by atoms with Crippen molar-refractivity contribution < 1.29 is 23.4 Å². The van der Waals surface area contributed by atoms with Crippen molar-refractivity contribution in [1.82, 2.24) is 9.55 Å². The van der Waals surface area contributed by atoms with Crippen molar-refractivity contribution in [3.63, 3.8) is 0 Å². The number of hydrogen-bond acceptors (Lipinski definition) is 8. The Labute approximate surface area is 170 Å². The van der Waals surface area contributed by atoms with E-state index in [9.17, 15) is 9.69 Å². The molecule has 3 N–H and O–H groups in total. The van der Waals surface area contributed by atoms with Crippen LogP contribution in [0, 0.1) is 5.41 Å². The molecule has 2 heterocycles. The number of anilines is 1. The molecule has 1 aliphatic rings. The molecule has 1 saturated heterocycles. The van der Waals surface area contributed by atoms with Gasteiger partial charge in [-0.3, -0.25) is 9.09 Å². The number of nitrogens with two attached hydrogens (primary N) is 1. The highest BCUT2D eigenvalue weighted by molar-refractivity contribution is 8.07. The van der Waals surface area contributed by atoms with Gasteiger partial charge in [-0.25, -0.2) is 4.79 Å². The minimum absolute atomic E-state index is 0.110. The van der Waals surface area contributed by atoms with Crippen LogP contribution in [0.1, 0.15) is 47.3 Å². The molecule has 160 valence electrons. The van der Waals surface area contributed by atoms with E-state index in [1.165, 1.54) is 23.9 Å². The number of hydrogen-bond donors (Lipinski definition) is 2. The zero-order chi connectivity index (χ0) is 21.3. The first kappa shape index (κ1) is 23.4. The molecule has 2 rings (SSSR count). The molecule has 0 aromatic carbocycles. The standard InChI is InChI=1S/C17H30N3O6PS/c1-10(2)25-27(22,28)26-13-11(9-17(3,4)5)24-15(14(13)23-6)20-8-7-12(18)19-16(20)21/h7-8,10-11,13-15H,9H2,1-6H3,(H,22,28)(H2,18,19,21)/t11-,13?,14?,15-,27?/m1/s1. The lowest BCUT2D eigenvalue weighted by Crippen LogP contribution is -2.39. The number of nitrogen functional groups attached to an aromatic ring is 1. The summed E-state index contributed by atoms with van der Waals surface area (Å²) < 4.78 is 24.3. The highest BCUT2D eigenvalue weighted by atomic mass is 32.5. The summed E-state index contributed by atoms with van der Waals surface area (Å²) in [5.41, 5.74) is 4.90. The quantitative estimate of drug-likeness (QED) is 0.621. The van der Waals surface area contributed by atoms with Gasteiger partial charge in [-0.1, -0.05) is 20.8 Å². The molecule has 0 saturated carbocycles. The topological polar surface area (TPSA) is 118 Å². The summed E-state index contributed by atoms with van der Waals surface area (Å²) in [6.45, 7) is 6.14. The van der Waals surface area contributed by atoms with Gasteiger partial charge in [0, 0.05) is 13.3 Å². The van der Waals surface area contributed by atoms with Gasteiger partial charge < -0.3 is 24.6 Å². The second-order valence-corrected chi connectivity index (χ2v) is 11.0. The number of rotatable bonds is 7. The van der Waals surface area contributed by atoms with E-state index in [4.69, 9.17) is 36.1 Å². The average Bonchev–Trinajstić information content (AvgIpc) is 2.80. The van der Waals surface area contributed by atoms with E-state index in [0.29, 0.717) is 6.42 Å². The molecule has 9 nitrogen and oxygen atoms in total. The predicted octanol–water partition coefficient (Wildman–Crippen LogP) is 2.20. The number of methoxy groups -OCH3 is 1. The number of aromatic nitrogens is 2. The lowest BCUT2D eigenvalue weighted by molar-refractivity contribution is -0.0592. The van der Waals surface area contributed by atoms with Crippen LogP contribution >= 0.6 is 6.72 Å². The van der Waals surface area contributed by atoms with Crippen molar-refractivity contribution in [2.75, 3.05) is 12.8 Å². The second-order valence-electron chi connectivity index (χ2n) is 8.27. The van der Waals surface area contributed by atoms with E-state index in [2.05, 4.69) is 25.8 Å². The van der Waals surface area contributed by atoms with Crippen LogP contribution in [0.25, 0.3) is 0 Å². The zero-order valence-corrected chi connectivity index (χ0v) is 18.8. The Morgan fingerprint density at radius 2 is 2.07 bits per heavy atom. The molecule has 0 bridgehead atoms. The van der Waals surface area contributed by atoms with Gasteiger partial charge in [0.05, 0.1) is 12.2 Å². The Balaban J connectivity index is 2.40. The SMILES string of the molecule is COC1C(OP(O)(=S)OC(C)C)[C@@H](CC(C)(C)C)O[C@H]1n1ccc(N)nc1=O. The Bertz CT molecular complexity index is 781. The van der Waals surface area contributed by atoms with Gasteiger partial charge in [0.25, 0.3) is 0 Å². The highest BCUT2D eigenvalue weighted by Crippen LogP contribution is 2.51. The van der Waals surface area contributed by atoms with E-state index in [-0.39, 0.29) is 17.3 Å². The number of nitrogens with zero attached hydrogens (tertiary/aromatic N) is 2. The van der Waals surface area contributed by atoms with E-state index in [0.717, 1.165) is 0 Å². The summed E-state index contributed by atoms with van der Waals surface area (Å²) >= 11 is 5.16. The minimum atomic E-state index is -3.54. The number of ether oxygens (including phenoxy) is 2. The van der Waals surface area contributed by atoms with E-state index < -0.39 is 36.9 Å². The molecule has 5 atom stereocenters. The Kier molecular flexibility index (Phi) is 7.42. The fourth-order valence-corrected chi connectivity index (χ4v) is 5.10. The predicted molar refractivity (Wildman–Crippen MR) is 109 cm³/mol. The molecular weight excluding hydrogens is 405 g/mol. The molecule has 3 unspecified atom stereocenters. The third-order valence-electron chi connectivity index (χ3n) is 4.10. The molecule has 28 heavy (non-hydrogen) atoms. The van der Waals surface area contributed by atoms with Crippen LogP contribution in [0.3, 0.4) is 0 Å². The summed E-state index contributed by atoms with van der Waals surface area (Å²) in [5.74, 6) is 0.114. The lowest BCUT2D eigenvalue weighted by Gasteiger charge is -2.30. The van der Waals surface area contributed by atoms with Crippen LogP contribution in [-0.4, -0.2) is 46.0 Å². The highest BCUT2D eigenvalue weighted by Gasteiger charge is 2.50. The van der Waals surface area contributed by atoms with E-state index >= 15 is 0 Å². The maximum atomic E-state index is 12.3. The van der Waals surface area contributed by atoms with Gasteiger partial charge >= 0.3 is 12.4 Å². The first-order valence-corrected chi connectivity index (χ1v) is 11.6. The average molecular weight is 435 g/mol. The monoisotopic (exact) mass is 435 g/mol. The molecule has 1 aromatic rings. The third-order valence-corrected chi connectivity index (χ3v) is 5.81. The van der Waals surface area contributed by atoms with Crippen molar-refractivity contribution >= 4 is 24.3 Å². The van der Waals surface area contributed by atoms with Crippen molar-refractivity contribution in [1.29, 1.82) is 0 Å². The van der Waals surface area contributed by atoms with Gasteiger partial charge in [0.1, 0.15) is 18.0 Å². The normalized spacial score (nSPS) is 27.9. The molecule has 0 spiro atoms. The fourth-order valence-electron chi connectivity index (χ4n) is 3.14. The van der Waals surface area contributed by atoms with Crippen molar-refractivity contribution in [3.8, 4) is 0 Å². The van der Waals surface area contributed by atoms with Crippen molar-refractivity contribution in [2.24, 2.45) is 5.41 Å². The molecule has 1 aliphatic heterocycles. The van der Waals surface area contributed by atoms with E-state index in [1.807, 2.05) is 0 Å². The Morgan fingerprint density at radius 3 is 2.57 bits per heavy atom. The minimum Gasteiger partial charge on any atom is -0.383 e. The second kappa shape index (κ2) is 8.87. The summed E-state index contributed by atoms with van der Waals surface area (Å²) in [4.78, 5) is 26.6. The first-order valence-electron chi connectivity index (χ1n) is 9.05. The summed E-state index contributed by atoms with van der Waals surface area (Å²) in [6, 6.07) is 1.50. The third kappa shape index (κ3) is 6.06. The maximum absolute atomic E-state index is 12.3. The Hall–Kier alpha value is -0.870. The van der Waals surface area contributed by atoms with Crippen LogP contribution in [0.2, 0.25) is 0 Å². The lowest BCUT2D eigenvalue weighted by atomic mass is 9.87. The van der Waals surface area contributed by atoms with Gasteiger partial charge in [0.15, 0.2) is 6.23 Å². The molecule has 0 aliphatic carbocycles. The van der Waals surface area contributed by atoms with Crippen LogP contribution in [-0.2, 0) is 30.3 Å². The summed E-state index contributed by atoms with van der Waals surface area (Å²) in [6.07, 6.45) is -0.949. The molecule has 0 radical (unpaired) electrons. The van der Waals surface area contributed by atoms with Crippen molar-refractivity contribution in [2.45, 2.75) is 71.7 Å². The van der Waals surface area contributed by atoms with Gasteiger partial charge in [-0.2, -0.15) is 4.98 Å². The van der Waals surface area contributed by atoms with Crippen LogP contribution in [0.15, 0.2) is 17.1 Å². The molecule has 11 heteroatoms. The van der Waals surface area contributed by atoms with Gasteiger partial charge in [0.2, 0.25) is 0 Å². The van der Waals surface area contributed by atoms with Gasteiger partial charge in [-0.05, 0) is 43.6 Å². The molecule has 1 aromatic heterocycles. The van der Waals surface area contributed by atoms with Crippen LogP contribution < -0.4 is 11.4 Å². The summed E-state index contributed by atoms with van der Waals surface area (Å²) in [7, 11) is 1.48. The van der Waals surface area contributed by atoms with Crippen molar-refractivity contribution in [3.05, 3.63) is 22.7 Å². The molecule has 0 amide bonds. The zero-order valence-electron chi connectivity index (χ0n) is 17.1. The fraction of sp³-hybridized carbons (Fsp3) is 0.765.